The third-order valence-corrected chi connectivity index (χ3v) is 6.00. The van der Waals surface area contributed by atoms with E-state index in [9.17, 15) is 4.79 Å². The summed E-state index contributed by atoms with van der Waals surface area (Å²) < 4.78 is 0. The molecule has 2 aromatic heterocycles. The molecule has 2 N–H and O–H groups in total. The number of nitrogens with one attached hydrogen (secondary N) is 2. The second-order valence-electron chi connectivity index (χ2n) is 6.89. The molecule has 2 amide bonds. The van der Waals surface area contributed by atoms with E-state index in [-0.39, 0.29) is 6.03 Å². The van der Waals surface area contributed by atoms with Gasteiger partial charge in [0.05, 0.1) is 5.39 Å². The van der Waals surface area contributed by atoms with Gasteiger partial charge in [-0.05, 0) is 23.3 Å². The Bertz CT molecular complexity index is 1340. The Morgan fingerprint density at radius 2 is 1.32 bits per heavy atom. The van der Waals surface area contributed by atoms with Gasteiger partial charge in [-0.3, -0.25) is 5.32 Å². The molecule has 5 nitrogen and oxygen atoms in total. The fourth-order valence-corrected chi connectivity index (χ4v) is 4.66. The Hall–Kier alpha value is -4.03. The summed E-state index contributed by atoms with van der Waals surface area (Å²) in [7, 11) is 0. The monoisotopic (exact) mass is 422 g/mol. The van der Waals surface area contributed by atoms with Gasteiger partial charge in [-0.15, -0.1) is 11.3 Å². The second-order valence-corrected chi connectivity index (χ2v) is 7.88. The Balaban J connectivity index is 1.63. The maximum Gasteiger partial charge on any atom is 0.324 e. The second kappa shape index (κ2) is 8.38. The summed E-state index contributed by atoms with van der Waals surface area (Å²) in [5.74, 6) is 0.482. The van der Waals surface area contributed by atoms with Gasteiger partial charge >= 0.3 is 6.03 Å². The van der Waals surface area contributed by atoms with E-state index in [1.807, 2.05) is 66.7 Å². The van der Waals surface area contributed by atoms with Crippen molar-refractivity contribution in [2.24, 2.45) is 0 Å². The number of fused-ring (bicyclic) bond motifs is 1. The molecule has 0 aliphatic carbocycles. The van der Waals surface area contributed by atoms with Crippen LogP contribution in [0.25, 0.3) is 31.8 Å². The lowest BCUT2D eigenvalue weighted by Crippen LogP contribution is -2.20. The number of hydrogen-bond donors (Lipinski definition) is 2. The third-order valence-electron chi connectivity index (χ3n) is 4.85. The van der Waals surface area contributed by atoms with Gasteiger partial charge in [0, 0.05) is 16.1 Å². The molecule has 0 fully saturated rings. The van der Waals surface area contributed by atoms with Crippen molar-refractivity contribution < 1.29 is 4.79 Å². The largest absolute Gasteiger partial charge is 0.324 e. The molecular weight excluding hydrogens is 404 g/mol. The number of amides is 2. The molecule has 0 radical (unpaired) electrons. The SMILES string of the molecule is O=C(Nc1ccccc1)Nc1ncnc2sc(-c3ccccc3)c(-c3ccccc3)c12. The summed E-state index contributed by atoms with van der Waals surface area (Å²) in [6.45, 7) is 0. The quantitative estimate of drug-likeness (QED) is 0.340. The van der Waals surface area contributed by atoms with Crippen LogP contribution in [-0.4, -0.2) is 16.0 Å². The molecular formula is C25H18N4OS. The molecule has 0 bridgehead atoms. The zero-order valence-electron chi connectivity index (χ0n) is 16.4. The van der Waals surface area contributed by atoms with Crippen LogP contribution in [0.4, 0.5) is 16.3 Å². The van der Waals surface area contributed by atoms with Gasteiger partial charge in [-0.2, -0.15) is 0 Å². The first-order valence-corrected chi connectivity index (χ1v) is 10.6. The van der Waals surface area contributed by atoms with Crippen LogP contribution in [0.2, 0.25) is 0 Å². The standard InChI is InChI=1S/C25H18N4OS/c30-25(28-19-14-8-3-9-15-19)29-23-21-20(17-10-4-1-5-11-17)22(18-12-6-2-7-13-18)31-24(21)27-16-26-23/h1-16H,(H2,26,27,28,29,30). The minimum absolute atomic E-state index is 0.349. The molecule has 0 saturated heterocycles. The molecule has 2 heterocycles. The fourth-order valence-electron chi connectivity index (χ4n) is 3.49. The van der Waals surface area contributed by atoms with Gasteiger partial charge in [0.1, 0.15) is 17.0 Å². The van der Waals surface area contributed by atoms with Gasteiger partial charge in [-0.25, -0.2) is 14.8 Å². The first-order valence-electron chi connectivity index (χ1n) is 9.81. The van der Waals surface area contributed by atoms with Gasteiger partial charge in [0.2, 0.25) is 0 Å². The number of urea groups is 1. The fraction of sp³-hybridized carbons (Fsp3) is 0. The molecule has 0 atom stereocenters. The highest BCUT2D eigenvalue weighted by molar-refractivity contribution is 7.22. The average Bonchev–Trinajstić information content (AvgIpc) is 3.22. The molecule has 3 aromatic carbocycles. The van der Waals surface area contributed by atoms with Crippen LogP contribution in [0, 0.1) is 0 Å². The van der Waals surface area contributed by atoms with Crippen LogP contribution in [0.1, 0.15) is 0 Å². The first-order chi connectivity index (χ1) is 15.3. The molecule has 5 rings (SSSR count). The lowest BCUT2D eigenvalue weighted by Gasteiger charge is -2.10. The molecule has 6 heteroatoms. The topological polar surface area (TPSA) is 66.9 Å². The van der Waals surface area contributed by atoms with Crippen molar-refractivity contribution in [3.05, 3.63) is 97.3 Å². The van der Waals surface area contributed by atoms with Crippen molar-refractivity contribution in [1.82, 2.24) is 9.97 Å². The summed E-state index contributed by atoms with van der Waals surface area (Å²) in [5.41, 5.74) is 3.88. The number of para-hydroxylation sites is 1. The Morgan fingerprint density at radius 3 is 2.00 bits per heavy atom. The van der Waals surface area contributed by atoms with Gasteiger partial charge < -0.3 is 5.32 Å². The van der Waals surface area contributed by atoms with Crippen molar-refractivity contribution in [2.45, 2.75) is 0 Å². The molecule has 5 aromatic rings. The number of thiophene rings is 1. The molecule has 150 valence electrons. The maximum absolute atomic E-state index is 12.7. The van der Waals surface area contributed by atoms with Crippen LogP contribution in [0.5, 0.6) is 0 Å². The predicted molar refractivity (Wildman–Crippen MR) is 127 cm³/mol. The highest BCUT2D eigenvalue weighted by Crippen LogP contribution is 2.45. The minimum atomic E-state index is -0.349. The van der Waals surface area contributed by atoms with Crippen LogP contribution in [0.15, 0.2) is 97.3 Å². The van der Waals surface area contributed by atoms with Crippen molar-refractivity contribution >= 4 is 39.1 Å². The number of nitrogens with zero attached hydrogens (tertiary/aromatic N) is 2. The lowest BCUT2D eigenvalue weighted by molar-refractivity contribution is 0.262. The molecule has 31 heavy (non-hydrogen) atoms. The van der Waals surface area contributed by atoms with Gasteiger partial charge in [0.15, 0.2) is 0 Å². The van der Waals surface area contributed by atoms with Crippen LogP contribution < -0.4 is 10.6 Å². The van der Waals surface area contributed by atoms with Crippen LogP contribution >= 0.6 is 11.3 Å². The normalized spacial score (nSPS) is 10.7. The molecule has 0 aliphatic heterocycles. The summed E-state index contributed by atoms with van der Waals surface area (Å²) >= 11 is 1.59. The zero-order valence-corrected chi connectivity index (χ0v) is 17.3. The molecule has 0 saturated carbocycles. The number of hydrogen-bond acceptors (Lipinski definition) is 4. The van der Waals surface area contributed by atoms with E-state index in [0.717, 1.165) is 31.8 Å². The van der Waals surface area contributed by atoms with E-state index in [1.165, 1.54) is 6.33 Å². The number of carbonyl (C=O) groups is 1. The number of aromatic nitrogens is 2. The predicted octanol–water partition coefficient (Wildman–Crippen LogP) is 6.67. The highest BCUT2D eigenvalue weighted by atomic mass is 32.1. The number of benzene rings is 3. The highest BCUT2D eigenvalue weighted by Gasteiger charge is 2.21. The zero-order chi connectivity index (χ0) is 21.0. The van der Waals surface area contributed by atoms with Gasteiger partial charge in [0.25, 0.3) is 0 Å². The van der Waals surface area contributed by atoms with E-state index >= 15 is 0 Å². The minimum Gasteiger partial charge on any atom is -0.308 e. The molecule has 0 unspecified atom stereocenters. The van der Waals surface area contributed by atoms with E-state index in [0.29, 0.717) is 11.5 Å². The molecule has 0 spiro atoms. The van der Waals surface area contributed by atoms with Crippen molar-refractivity contribution in [1.29, 1.82) is 0 Å². The average molecular weight is 423 g/mol. The Kier molecular flexibility index (Phi) is 5.12. The van der Waals surface area contributed by atoms with E-state index in [2.05, 4.69) is 44.9 Å². The van der Waals surface area contributed by atoms with Crippen LogP contribution in [0.3, 0.4) is 0 Å². The summed E-state index contributed by atoms with van der Waals surface area (Å²) in [5, 5.41) is 6.59. The van der Waals surface area contributed by atoms with E-state index in [1.54, 1.807) is 11.3 Å². The maximum atomic E-state index is 12.7. The van der Waals surface area contributed by atoms with Crippen molar-refractivity contribution in [2.75, 3.05) is 10.6 Å². The van der Waals surface area contributed by atoms with Crippen molar-refractivity contribution in [3.8, 4) is 21.6 Å². The van der Waals surface area contributed by atoms with Crippen LogP contribution in [-0.2, 0) is 0 Å². The molecule has 0 aliphatic rings. The van der Waals surface area contributed by atoms with E-state index < -0.39 is 0 Å². The Morgan fingerprint density at radius 1 is 0.710 bits per heavy atom. The Labute approximate surface area is 183 Å². The van der Waals surface area contributed by atoms with E-state index in [4.69, 9.17) is 0 Å². The smallest absolute Gasteiger partial charge is 0.308 e. The third kappa shape index (κ3) is 3.89. The lowest BCUT2D eigenvalue weighted by atomic mass is 10.00. The van der Waals surface area contributed by atoms with Crippen molar-refractivity contribution in [3.63, 3.8) is 0 Å². The number of rotatable bonds is 4. The summed E-state index contributed by atoms with van der Waals surface area (Å²) in [4.78, 5) is 23.5. The van der Waals surface area contributed by atoms with Gasteiger partial charge in [-0.1, -0.05) is 78.9 Å². The number of carbonyl (C=O) groups excluding carboxylic acids is 1. The number of anilines is 2. The summed E-state index contributed by atoms with van der Waals surface area (Å²) in [6, 6.07) is 29.3. The summed E-state index contributed by atoms with van der Waals surface area (Å²) in [6.07, 6.45) is 1.49. The first kappa shape index (κ1) is 19.0.